The van der Waals surface area contributed by atoms with Gasteiger partial charge in [0.05, 0.1) is 37.6 Å². The lowest BCUT2D eigenvalue weighted by Gasteiger charge is -2.40. The Bertz CT molecular complexity index is 1520. The molecule has 4 N–H and O–H groups in total. The number of ketones is 1. The standard InChI is InChI=1S/C34H44FN4O7SSi/c1-20-28(47-19-37-20)22-9-7-21(8-10-22)23(16-26(42)36-15-5-6-27(43)44)11-12-25(41)34(48)17-24(40)18-39(34)30(45)29(32(2,3)4)38-31(46)33(35)13-14-33/h7-10,19,23-24,29,40H,5-6,11-18H2,1-4H3,(H,36,42)(H,38,46)(H,43,44)/t23-,24+,29+,34+/m0/s1. The van der Waals surface area contributed by atoms with E-state index in [9.17, 15) is 33.5 Å². The Hall–Kier alpha value is -3.49. The zero-order valence-electron chi connectivity index (χ0n) is 27.8. The number of carboxylic acids is 1. The number of nitrogens with zero attached hydrogens (tertiary/aromatic N) is 2. The normalized spacial score (nSPS) is 21.3. The van der Waals surface area contributed by atoms with Crippen LogP contribution in [0.2, 0.25) is 0 Å². The van der Waals surface area contributed by atoms with Gasteiger partial charge in [0.1, 0.15) is 6.04 Å². The minimum Gasteiger partial charge on any atom is -0.481 e. The first kappa shape index (κ1) is 37.3. The average molecular weight is 700 g/mol. The van der Waals surface area contributed by atoms with Crippen molar-refractivity contribution in [2.75, 3.05) is 13.1 Å². The molecule has 14 heteroatoms. The van der Waals surface area contributed by atoms with Crippen LogP contribution in [-0.4, -0.2) is 95.9 Å². The number of aliphatic carboxylic acids is 1. The van der Waals surface area contributed by atoms with E-state index < -0.39 is 52.1 Å². The SMILES string of the molecule is Cc1ncsc1-c1ccc([C@@H](CCC(=O)[C@]2([Si])C[C@@H](O)CN2C(=O)[C@@H](NC(=O)C2(F)CC2)C(C)(C)C)CC(=O)NCCCC(=O)O)cc1. The van der Waals surface area contributed by atoms with Crippen molar-refractivity contribution >= 4 is 51.1 Å². The number of carbonyl (C=O) groups is 5. The highest BCUT2D eigenvalue weighted by molar-refractivity contribution is 7.13. The van der Waals surface area contributed by atoms with Crippen LogP contribution in [0.4, 0.5) is 4.39 Å². The highest BCUT2D eigenvalue weighted by Crippen LogP contribution is 2.41. The molecule has 1 aromatic carbocycles. The molecule has 1 saturated carbocycles. The fraction of sp³-hybridized carbons (Fsp3) is 0.588. The molecule has 1 aliphatic heterocycles. The zero-order valence-corrected chi connectivity index (χ0v) is 29.6. The monoisotopic (exact) mass is 699 g/mol. The van der Waals surface area contributed by atoms with Crippen LogP contribution in [0.3, 0.4) is 0 Å². The molecule has 1 aromatic heterocycles. The summed E-state index contributed by atoms with van der Waals surface area (Å²) >= 11 is 1.52. The van der Waals surface area contributed by atoms with Crippen molar-refractivity contribution < 1.29 is 38.6 Å². The number of aliphatic hydroxyl groups excluding tert-OH is 1. The molecule has 0 bridgehead atoms. The number of hydrogen-bond donors (Lipinski definition) is 4. The summed E-state index contributed by atoms with van der Waals surface area (Å²) in [6, 6.07) is 6.56. The fourth-order valence-corrected chi connectivity index (χ4v) is 7.35. The molecule has 3 radical (unpaired) electrons. The van der Waals surface area contributed by atoms with Gasteiger partial charge in [0, 0.05) is 38.8 Å². The Balaban J connectivity index is 1.51. The first-order valence-corrected chi connectivity index (χ1v) is 17.6. The number of carboxylic acid groups (broad SMARTS) is 1. The summed E-state index contributed by atoms with van der Waals surface area (Å²) in [6.07, 6.45) is -0.470. The molecule has 259 valence electrons. The topological polar surface area (TPSA) is 166 Å². The number of aromatic nitrogens is 1. The van der Waals surface area contributed by atoms with E-state index in [4.69, 9.17) is 5.11 Å². The maximum absolute atomic E-state index is 14.6. The molecule has 1 aliphatic carbocycles. The molecule has 4 atom stereocenters. The molecule has 2 aliphatic rings. The largest absolute Gasteiger partial charge is 0.481 e. The van der Waals surface area contributed by atoms with Gasteiger partial charge in [0.15, 0.2) is 11.5 Å². The lowest BCUT2D eigenvalue weighted by molar-refractivity contribution is -0.146. The number of rotatable bonds is 15. The molecule has 3 amide bonds. The van der Waals surface area contributed by atoms with Gasteiger partial charge in [-0.2, -0.15) is 0 Å². The Morgan fingerprint density at radius 2 is 1.81 bits per heavy atom. The quantitative estimate of drug-likeness (QED) is 0.162. The van der Waals surface area contributed by atoms with Gasteiger partial charge in [-0.25, -0.2) is 9.37 Å². The highest BCUT2D eigenvalue weighted by atomic mass is 32.1. The number of β-amino-alcohol motifs (C(OH)–C–C–N with tert-alkyl or cyclic N) is 1. The number of Topliss-reactive ketones (excluding diaryl/α,β-unsaturated/α-hetero) is 1. The van der Waals surface area contributed by atoms with E-state index in [2.05, 4.69) is 25.9 Å². The Kier molecular flexibility index (Phi) is 11.6. The van der Waals surface area contributed by atoms with Crippen LogP contribution in [0, 0.1) is 12.3 Å². The lowest BCUT2D eigenvalue weighted by Crippen LogP contribution is -2.62. The number of amides is 3. The summed E-state index contributed by atoms with van der Waals surface area (Å²) in [6.45, 7) is 7.17. The summed E-state index contributed by atoms with van der Waals surface area (Å²) < 4.78 is 14.6. The van der Waals surface area contributed by atoms with Crippen LogP contribution in [-0.2, 0) is 24.0 Å². The zero-order chi connectivity index (χ0) is 35.4. The second-order valence-corrected chi connectivity index (χ2v) is 15.7. The van der Waals surface area contributed by atoms with Crippen molar-refractivity contribution in [2.24, 2.45) is 5.41 Å². The number of nitrogens with one attached hydrogen (secondary N) is 2. The summed E-state index contributed by atoms with van der Waals surface area (Å²) in [5.74, 6) is -3.47. The van der Waals surface area contributed by atoms with Crippen molar-refractivity contribution in [1.82, 2.24) is 20.5 Å². The summed E-state index contributed by atoms with van der Waals surface area (Å²) in [5, 5.41) is 23.3. The van der Waals surface area contributed by atoms with Crippen molar-refractivity contribution in [3.05, 3.63) is 41.0 Å². The van der Waals surface area contributed by atoms with Crippen molar-refractivity contribution in [3.63, 3.8) is 0 Å². The van der Waals surface area contributed by atoms with Gasteiger partial charge >= 0.3 is 5.97 Å². The molecule has 1 saturated heterocycles. The number of alkyl halides is 1. The second-order valence-electron chi connectivity index (χ2n) is 14.0. The van der Waals surface area contributed by atoms with Gasteiger partial charge in [0.25, 0.3) is 5.91 Å². The Morgan fingerprint density at radius 3 is 2.38 bits per heavy atom. The Labute approximate surface area is 287 Å². The van der Waals surface area contributed by atoms with Gasteiger partial charge in [-0.05, 0) is 55.1 Å². The molecule has 0 spiro atoms. The summed E-state index contributed by atoms with van der Waals surface area (Å²) in [5.41, 5.74) is 1.65. The van der Waals surface area contributed by atoms with Gasteiger partial charge in [0.2, 0.25) is 11.8 Å². The van der Waals surface area contributed by atoms with E-state index in [0.29, 0.717) is 0 Å². The fourth-order valence-electron chi connectivity index (χ4n) is 5.97. The molecule has 48 heavy (non-hydrogen) atoms. The third kappa shape index (κ3) is 8.94. The molecule has 4 rings (SSSR count). The third-order valence-corrected chi connectivity index (χ3v) is 10.8. The first-order chi connectivity index (χ1) is 22.4. The summed E-state index contributed by atoms with van der Waals surface area (Å²) in [4.78, 5) is 70.9. The lowest BCUT2D eigenvalue weighted by atomic mass is 9.85. The van der Waals surface area contributed by atoms with Crippen LogP contribution in [0.5, 0.6) is 0 Å². The van der Waals surface area contributed by atoms with Gasteiger partial charge in [-0.3, -0.25) is 24.0 Å². The van der Waals surface area contributed by atoms with Crippen molar-refractivity contribution in [1.29, 1.82) is 0 Å². The third-order valence-electron chi connectivity index (χ3n) is 9.03. The van der Waals surface area contributed by atoms with E-state index in [1.54, 1.807) is 26.3 Å². The van der Waals surface area contributed by atoms with Gasteiger partial charge < -0.3 is 25.7 Å². The number of hydrogen-bond acceptors (Lipinski definition) is 8. The highest BCUT2D eigenvalue weighted by Gasteiger charge is 2.55. The average Bonchev–Trinajstić information content (AvgIpc) is 3.49. The summed E-state index contributed by atoms with van der Waals surface area (Å²) in [7, 11) is 3.57. The molecule has 0 unspecified atom stereocenters. The van der Waals surface area contributed by atoms with Crippen LogP contribution < -0.4 is 10.6 Å². The predicted molar refractivity (Wildman–Crippen MR) is 179 cm³/mol. The van der Waals surface area contributed by atoms with E-state index in [1.807, 2.05) is 31.2 Å². The van der Waals surface area contributed by atoms with Crippen molar-refractivity contribution in [3.8, 4) is 10.4 Å². The minimum atomic E-state index is -2.00. The number of likely N-dealkylation sites (tertiary alicyclic amines) is 1. The van der Waals surface area contributed by atoms with E-state index in [1.165, 1.54) is 16.2 Å². The number of thiazole rings is 1. The molecular weight excluding hydrogens is 656 g/mol. The van der Waals surface area contributed by atoms with Crippen molar-refractivity contribution in [2.45, 2.75) is 108 Å². The molecule has 2 fully saturated rings. The van der Waals surface area contributed by atoms with E-state index >= 15 is 0 Å². The second kappa shape index (κ2) is 15.0. The predicted octanol–water partition coefficient (Wildman–Crippen LogP) is 3.41. The van der Waals surface area contributed by atoms with Gasteiger partial charge in [-0.1, -0.05) is 45.0 Å². The maximum Gasteiger partial charge on any atom is 0.303 e. The van der Waals surface area contributed by atoms with Crippen LogP contribution >= 0.6 is 11.3 Å². The number of halogens is 1. The molecule has 11 nitrogen and oxygen atoms in total. The number of benzene rings is 1. The van der Waals surface area contributed by atoms with Gasteiger partial charge in [-0.15, -0.1) is 11.3 Å². The number of carbonyl (C=O) groups excluding carboxylic acids is 4. The number of aliphatic hydroxyl groups is 1. The van der Waals surface area contributed by atoms with E-state index in [0.717, 1.165) is 21.7 Å². The van der Waals surface area contributed by atoms with Crippen LogP contribution in [0.1, 0.15) is 89.3 Å². The van der Waals surface area contributed by atoms with E-state index in [-0.39, 0.29) is 76.1 Å². The first-order valence-electron chi connectivity index (χ1n) is 16.2. The molecular formula is C34H44FN4O7SSi. The minimum absolute atomic E-state index is 0.0440. The smallest absolute Gasteiger partial charge is 0.303 e. The maximum atomic E-state index is 14.6. The van der Waals surface area contributed by atoms with Crippen LogP contribution in [0.25, 0.3) is 10.4 Å². The Morgan fingerprint density at radius 1 is 1.15 bits per heavy atom. The number of aryl methyl sites for hydroxylation is 1. The molecule has 2 aromatic rings. The van der Waals surface area contributed by atoms with Crippen LogP contribution in [0.15, 0.2) is 29.8 Å². The molecule has 2 heterocycles.